The van der Waals surface area contributed by atoms with Crippen molar-refractivity contribution in [3.05, 3.63) is 90.2 Å². The Kier molecular flexibility index (Phi) is 5.66. The first-order valence-electron chi connectivity index (χ1n) is 13.9. The van der Waals surface area contributed by atoms with Crippen LogP contribution in [0.5, 0.6) is 0 Å². The monoisotopic (exact) mass is 502 g/mol. The molecule has 0 radical (unpaired) electrons. The molecule has 0 bridgehead atoms. The molecule has 0 saturated carbocycles. The average Bonchev–Trinajstić information content (AvgIpc) is 3.32. The Morgan fingerprint density at radius 3 is 2.76 bits per heavy atom. The Labute approximate surface area is 223 Å². The summed E-state index contributed by atoms with van der Waals surface area (Å²) in [6.45, 7) is 5.88. The Morgan fingerprint density at radius 2 is 2.00 bits per heavy atom. The lowest BCUT2D eigenvalue weighted by molar-refractivity contribution is 0.195. The molecule has 38 heavy (non-hydrogen) atoms. The molecule has 1 unspecified atom stereocenters. The van der Waals surface area contributed by atoms with E-state index in [1.54, 1.807) is 11.8 Å². The second-order valence-corrected chi connectivity index (χ2v) is 11.3. The number of nitrogens with zero attached hydrogens (tertiary/aromatic N) is 5. The van der Waals surface area contributed by atoms with Gasteiger partial charge in [-0.1, -0.05) is 61.1 Å². The maximum absolute atomic E-state index is 6.47. The topological polar surface area (TPSA) is 72.3 Å². The molecule has 4 heterocycles. The first kappa shape index (κ1) is 23.4. The highest BCUT2D eigenvalue weighted by Crippen LogP contribution is 2.38. The number of allylic oxidation sites excluding steroid dienone is 5. The van der Waals surface area contributed by atoms with E-state index in [9.17, 15) is 0 Å². The first-order valence-corrected chi connectivity index (χ1v) is 13.9. The number of pyridine rings is 1. The molecule has 3 aromatic heterocycles. The quantitative estimate of drug-likeness (QED) is 0.329. The number of aromatic nitrogens is 4. The second-order valence-electron chi connectivity index (χ2n) is 11.3. The molecule has 6 nitrogen and oxygen atoms in total. The zero-order chi connectivity index (χ0) is 25.7. The van der Waals surface area contributed by atoms with Crippen LogP contribution in [0.2, 0.25) is 0 Å². The van der Waals surface area contributed by atoms with Gasteiger partial charge in [-0.2, -0.15) is 0 Å². The minimum Gasteiger partial charge on any atom is -0.382 e. The standard InChI is InChI=1S/C32H34N6/c1-32(14-3-2-4-15-32)27-13-12-23-10-11-25(20-26(23)35-27)28-29-30(33)34-16-19-38(29)31(36-28)24-8-6-22(7-9-24)21-37-17-5-18-37/h2-4,6,10-14,16,19-20,24H,5,7-9,15,17-18,21H2,1H3,(H2,33,34)/t24-,32?/m1/s1. The van der Waals surface area contributed by atoms with Gasteiger partial charge >= 0.3 is 0 Å². The van der Waals surface area contributed by atoms with Crippen LogP contribution in [0.25, 0.3) is 27.7 Å². The summed E-state index contributed by atoms with van der Waals surface area (Å²) in [7, 11) is 0. The van der Waals surface area contributed by atoms with Crippen LogP contribution in [-0.4, -0.2) is 43.9 Å². The zero-order valence-electron chi connectivity index (χ0n) is 22.0. The summed E-state index contributed by atoms with van der Waals surface area (Å²) in [5.74, 6) is 1.96. The van der Waals surface area contributed by atoms with Gasteiger partial charge in [-0.15, -0.1) is 0 Å². The number of hydrogen-bond acceptors (Lipinski definition) is 5. The molecule has 0 spiro atoms. The fourth-order valence-electron chi connectivity index (χ4n) is 6.17. The van der Waals surface area contributed by atoms with Gasteiger partial charge in [0.05, 0.1) is 11.2 Å². The van der Waals surface area contributed by atoms with E-state index in [-0.39, 0.29) is 5.41 Å². The van der Waals surface area contributed by atoms with E-state index < -0.39 is 0 Å². The van der Waals surface area contributed by atoms with Crippen LogP contribution in [-0.2, 0) is 5.41 Å². The van der Waals surface area contributed by atoms with E-state index in [4.69, 9.17) is 15.7 Å². The Hall–Kier alpha value is -3.77. The molecule has 6 heteroatoms. The van der Waals surface area contributed by atoms with Crippen LogP contribution in [0.4, 0.5) is 5.82 Å². The van der Waals surface area contributed by atoms with Crippen molar-refractivity contribution in [3.63, 3.8) is 0 Å². The Balaban J connectivity index is 1.27. The van der Waals surface area contributed by atoms with Gasteiger partial charge in [0.25, 0.3) is 0 Å². The van der Waals surface area contributed by atoms with Gasteiger partial charge in [0.2, 0.25) is 0 Å². The van der Waals surface area contributed by atoms with Crippen molar-refractivity contribution in [2.45, 2.75) is 50.4 Å². The van der Waals surface area contributed by atoms with Crippen molar-refractivity contribution in [2.24, 2.45) is 0 Å². The minimum atomic E-state index is -0.0927. The third kappa shape index (κ3) is 4.04. The summed E-state index contributed by atoms with van der Waals surface area (Å²) in [6.07, 6.45) is 20.5. The highest BCUT2D eigenvalue weighted by Gasteiger charge is 2.27. The highest BCUT2D eigenvalue weighted by molar-refractivity contribution is 5.90. The fraction of sp³-hybridized carbons (Fsp3) is 0.344. The number of rotatable bonds is 5. The van der Waals surface area contributed by atoms with Gasteiger partial charge in [-0.05, 0) is 57.3 Å². The van der Waals surface area contributed by atoms with Crippen molar-refractivity contribution in [3.8, 4) is 11.3 Å². The predicted molar refractivity (Wildman–Crippen MR) is 154 cm³/mol. The number of nitrogens with two attached hydrogens (primary N) is 1. The Morgan fingerprint density at radius 1 is 1.11 bits per heavy atom. The number of hydrogen-bond donors (Lipinski definition) is 1. The van der Waals surface area contributed by atoms with Crippen LogP contribution in [0.15, 0.2) is 78.7 Å². The number of benzene rings is 1. The van der Waals surface area contributed by atoms with Gasteiger partial charge in [-0.3, -0.25) is 14.3 Å². The summed E-state index contributed by atoms with van der Waals surface area (Å²) >= 11 is 0. The normalized spacial score (nSPS) is 23.6. The molecule has 1 aromatic carbocycles. The van der Waals surface area contributed by atoms with Crippen LogP contribution in [0.3, 0.4) is 0 Å². The summed E-state index contributed by atoms with van der Waals surface area (Å²) in [6, 6.07) is 10.8. The first-order chi connectivity index (χ1) is 18.6. The van der Waals surface area contributed by atoms with Gasteiger partial charge in [0, 0.05) is 41.2 Å². The largest absolute Gasteiger partial charge is 0.382 e. The number of likely N-dealkylation sites (tertiary alicyclic amines) is 1. The molecule has 2 atom stereocenters. The van der Waals surface area contributed by atoms with E-state index in [1.165, 1.54) is 19.5 Å². The third-order valence-corrected chi connectivity index (χ3v) is 8.66. The van der Waals surface area contributed by atoms with Gasteiger partial charge < -0.3 is 5.73 Å². The van der Waals surface area contributed by atoms with Crippen molar-refractivity contribution < 1.29 is 0 Å². The lowest BCUT2D eigenvalue weighted by Gasteiger charge is -2.33. The molecule has 192 valence electrons. The third-order valence-electron chi connectivity index (χ3n) is 8.66. The summed E-state index contributed by atoms with van der Waals surface area (Å²) in [5.41, 5.74) is 12.8. The number of anilines is 1. The van der Waals surface area contributed by atoms with E-state index in [2.05, 4.69) is 81.9 Å². The van der Waals surface area contributed by atoms with E-state index in [0.717, 1.165) is 71.4 Å². The molecule has 1 fully saturated rings. The molecule has 3 aliphatic rings. The summed E-state index contributed by atoms with van der Waals surface area (Å²) in [4.78, 5) is 17.3. The molecular formula is C32H34N6. The fourth-order valence-corrected chi connectivity index (χ4v) is 6.17. The summed E-state index contributed by atoms with van der Waals surface area (Å²) < 4.78 is 2.17. The van der Waals surface area contributed by atoms with Crippen molar-refractivity contribution in [1.29, 1.82) is 0 Å². The van der Waals surface area contributed by atoms with Crippen LogP contribution < -0.4 is 5.73 Å². The maximum Gasteiger partial charge on any atom is 0.150 e. The molecule has 0 amide bonds. The average molecular weight is 503 g/mol. The van der Waals surface area contributed by atoms with Crippen LogP contribution >= 0.6 is 0 Å². The number of nitrogen functional groups attached to an aromatic ring is 1. The van der Waals surface area contributed by atoms with E-state index in [0.29, 0.717) is 11.7 Å². The molecule has 4 aromatic rings. The second kappa shape index (κ2) is 9.21. The van der Waals surface area contributed by atoms with Gasteiger partial charge in [0.15, 0.2) is 0 Å². The summed E-state index contributed by atoms with van der Waals surface area (Å²) in [5, 5.41) is 1.12. The maximum atomic E-state index is 6.47. The van der Waals surface area contributed by atoms with Crippen molar-refractivity contribution in [2.75, 3.05) is 25.4 Å². The SMILES string of the molecule is CC1(c2ccc3ccc(-c4nc([C@@H]5CC=C(CN6CCC6)CC5)n5ccnc(N)c45)cc3n2)C=CC=CC1. The van der Waals surface area contributed by atoms with Crippen molar-refractivity contribution >= 4 is 22.2 Å². The molecule has 1 aliphatic heterocycles. The molecule has 2 N–H and O–H groups in total. The smallest absolute Gasteiger partial charge is 0.150 e. The van der Waals surface area contributed by atoms with Crippen LogP contribution in [0.1, 0.15) is 56.5 Å². The Bertz CT molecular complexity index is 1620. The number of imidazole rings is 1. The molecule has 1 saturated heterocycles. The zero-order valence-corrected chi connectivity index (χ0v) is 22.0. The van der Waals surface area contributed by atoms with Crippen molar-refractivity contribution in [1.82, 2.24) is 24.3 Å². The van der Waals surface area contributed by atoms with Gasteiger partial charge in [-0.25, -0.2) is 9.97 Å². The lowest BCUT2D eigenvalue weighted by Crippen LogP contribution is -2.38. The van der Waals surface area contributed by atoms with Gasteiger partial charge in [0.1, 0.15) is 22.9 Å². The molecular weight excluding hydrogens is 468 g/mol. The molecule has 7 rings (SSSR count). The predicted octanol–water partition coefficient (Wildman–Crippen LogP) is 6.20. The number of fused-ring (bicyclic) bond motifs is 2. The van der Waals surface area contributed by atoms with E-state index in [1.807, 2.05) is 6.20 Å². The van der Waals surface area contributed by atoms with Crippen LogP contribution in [0, 0.1) is 0 Å². The minimum absolute atomic E-state index is 0.0927. The highest BCUT2D eigenvalue weighted by atomic mass is 15.2. The molecule has 2 aliphatic carbocycles. The lowest BCUT2D eigenvalue weighted by atomic mass is 9.80. The van der Waals surface area contributed by atoms with E-state index >= 15 is 0 Å².